The van der Waals surface area contributed by atoms with Gasteiger partial charge in [0, 0.05) is 18.6 Å². The van der Waals surface area contributed by atoms with Gasteiger partial charge in [-0.1, -0.05) is 12.1 Å². The number of para-hydroxylation sites is 1. The number of nitro benzene ring substituents is 1. The van der Waals surface area contributed by atoms with Crippen molar-refractivity contribution in [3.05, 3.63) is 80.4 Å². The van der Waals surface area contributed by atoms with E-state index in [1.165, 1.54) is 24.3 Å². The third kappa shape index (κ3) is 4.10. The van der Waals surface area contributed by atoms with Crippen LogP contribution in [0.1, 0.15) is 17.8 Å². The molecule has 3 aromatic rings. The number of benzene rings is 2. The van der Waals surface area contributed by atoms with Crippen LogP contribution >= 0.6 is 0 Å². The number of hydrogen-bond donors (Lipinski definition) is 1. The Kier molecular flexibility index (Phi) is 5.02. The fourth-order valence-corrected chi connectivity index (χ4v) is 2.42. The van der Waals surface area contributed by atoms with E-state index >= 15 is 0 Å². The van der Waals surface area contributed by atoms with Gasteiger partial charge in [0.1, 0.15) is 12.4 Å². The smallest absolute Gasteiger partial charge is 0.306 e. The van der Waals surface area contributed by atoms with E-state index in [1.54, 1.807) is 24.3 Å². The van der Waals surface area contributed by atoms with Crippen molar-refractivity contribution < 1.29 is 14.5 Å². The van der Waals surface area contributed by atoms with Crippen molar-refractivity contribution in [2.75, 3.05) is 0 Å². The molecule has 1 aromatic heterocycles. The third-order valence-electron chi connectivity index (χ3n) is 3.77. The van der Waals surface area contributed by atoms with Gasteiger partial charge in [-0.05, 0) is 29.8 Å². The average Bonchev–Trinajstić information content (AvgIpc) is 2.65. The second kappa shape index (κ2) is 7.56. The van der Waals surface area contributed by atoms with Crippen LogP contribution in [0.2, 0.25) is 0 Å². The Morgan fingerprint density at radius 2 is 1.88 bits per heavy atom. The zero-order valence-corrected chi connectivity index (χ0v) is 13.7. The number of carbonyl (C=O) groups excluding carboxylic acids is 1. The van der Waals surface area contributed by atoms with Crippen LogP contribution in [0.5, 0.6) is 0 Å². The highest BCUT2D eigenvalue weighted by molar-refractivity contribution is 5.77. The maximum absolute atomic E-state index is 12.0. The van der Waals surface area contributed by atoms with Crippen molar-refractivity contribution in [3.8, 4) is 0 Å². The highest BCUT2D eigenvalue weighted by Crippen LogP contribution is 2.13. The highest BCUT2D eigenvalue weighted by Gasteiger charge is 2.09. The van der Waals surface area contributed by atoms with Gasteiger partial charge in [0.2, 0.25) is 0 Å². The van der Waals surface area contributed by atoms with E-state index in [2.05, 4.69) is 9.97 Å². The van der Waals surface area contributed by atoms with E-state index in [4.69, 9.17) is 4.74 Å². The molecule has 0 aliphatic heterocycles. The second-order valence-corrected chi connectivity index (χ2v) is 5.61. The summed E-state index contributed by atoms with van der Waals surface area (Å²) < 4.78 is 5.14. The van der Waals surface area contributed by atoms with Gasteiger partial charge in [-0.3, -0.25) is 19.7 Å². The Balaban J connectivity index is 1.55. The Morgan fingerprint density at radius 1 is 1.15 bits per heavy atom. The Morgan fingerprint density at radius 3 is 2.62 bits per heavy atom. The molecule has 0 saturated heterocycles. The Hall–Kier alpha value is -3.55. The van der Waals surface area contributed by atoms with E-state index in [0.717, 1.165) is 0 Å². The predicted octanol–water partition coefficient (Wildman–Crippen LogP) is 2.51. The van der Waals surface area contributed by atoms with E-state index in [0.29, 0.717) is 22.3 Å². The number of esters is 1. The van der Waals surface area contributed by atoms with E-state index in [-0.39, 0.29) is 30.7 Å². The zero-order chi connectivity index (χ0) is 18.5. The maximum atomic E-state index is 12.0. The van der Waals surface area contributed by atoms with Crippen molar-refractivity contribution in [1.82, 2.24) is 9.97 Å². The van der Waals surface area contributed by atoms with Crippen molar-refractivity contribution in [2.45, 2.75) is 19.4 Å². The predicted molar refractivity (Wildman–Crippen MR) is 93.6 cm³/mol. The monoisotopic (exact) mass is 353 g/mol. The van der Waals surface area contributed by atoms with Crippen LogP contribution in [0.15, 0.2) is 53.3 Å². The molecule has 3 rings (SSSR count). The summed E-state index contributed by atoms with van der Waals surface area (Å²) in [6.07, 6.45) is 0.313. The number of aromatic nitrogens is 2. The van der Waals surface area contributed by atoms with Crippen LogP contribution in [0.25, 0.3) is 10.9 Å². The lowest BCUT2D eigenvalue weighted by atomic mass is 10.2. The summed E-state index contributed by atoms with van der Waals surface area (Å²) in [7, 11) is 0. The first-order chi connectivity index (χ1) is 12.5. The van der Waals surface area contributed by atoms with Gasteiger partial charge in [0.25, 0.3) is 11.2 Å². The molecule has 0 atom stereocenters. The molecule has 0 saturated carbocycles. The number of nitrogens with one attached hydrogen (secondary N) is 1. The molecule has 0 spiro atoms. The average molecular weight is 353 g/mol. The number of aryl methyl sites for hydroxylation is 1. The molecule has 1 heterocycles. The molecule has 0 unspecified atom stereocenters. The number of H-pyrrole nitrogens is 1. The van der Waals surface area contributed by atoms with E-state index in [1.807, 2.05) is 0 Å². The number of non-ortho nitro benzene ring substituents is 1. The first kappa shape index (κ1) is 17.3. The minimum atomic E-state index is -0.493. The number of aromatic amines is 1. The van der Waals surface area contributed by atoms with Crippen LogP contribution in [0, 0.1) is 10.1 Å². The normalized spacial score (nSPS) is 10.6. The maximum Gasteiger partial charge on any atom is 0.306 e. The number of carbonyl (C=O) groups is 1. The Labute approximate surface area is 147 Å². The molecular formula is C18H15N3O5. The summed E-state index contributed by atoms with van der Waals surface area (Å²) in [5.74, 6) is -0.0276. The molecule has 1 N–H and O–H groups in total. The molecule has 0 aliphatic carbocycles. The summed E-state index contributed by atoms with van der Waals surface area (Å²) in [4.78, 5) is 40.9. The first-order valence-corrected chi connectivity index (χ1v) is 7.90. The van der Waals surface area contributed by atoms with Crippen molar-refractivity contribution in [3.63, 3.8) is 0 Å². The van der Waals surface area contributed by atoms with Crippen LogP contribution < -0.4 is 5.56 Å². The molecule has 0 radical (unpaired) electrons. The summed E-state index contributed by atoms with van der Waals surface area (Å²) in [6.45, 7) is 0.0263. The SMILES string of the molecule is O=C(CCc1nc2ccccc2c(=O)[nH]1)OCc1ccc([N+](=O)[O-])cc1. The van der Waals surface area contributed by atoms with Gasteiger partial charge in [0.15, 0.2) is 0 Å². The molecular weight excluding hydrogens is 338 g/mol. The van der Waals surface area contributed by atoms with E-state index < -0.39 is 10.9 Å². The first-order valence-electron chi connectivity index (χ1n) is 7.90. The molecule has 8 nitrogen and oxygen atoms in total. The number of nitro groups is 1. The highest BCUT2D eigenvalue weighted by atomic mass is 16.6. The quantitative estimate of drug-likeness (QED) is 0.413. The van der Waals surface area contributed by atoms with Crippen molar-refractivity contribution in [2.24, 2.45) is 0 Å². The standard InChI is InChI=1S/C18H15N3O5/c22-17(26-11-12-5-7-13(8-6-12)21(24)25)10-9-16-19-15-4-2-1-3-14(15)18(23)20-16/h1-8H,9-11H2,(H,19,20,23). The number of nitrogens with zero attached hydrogens (tertiary/aromatic N) is 2. The van der Waals surface area contributed by atoms with Gasteiger partial charge < -0.3 is 9.72 Å². The molecule has 2 aromatic carbocycles. The van der Waals surface area contributed by atoms with Crippen LogP contribution in [0.3, 0.4) is 0 Å². The summed E-state index contributed by atoms with van der Waals surface area (Å²) in [6, 6.07) is 12.7. The van der Waals surface area contributed by atoms with Gasteiger partial charge in [-0.25, -0.2) is 4.98 Å². The lowest BCUT2D eigenvalue weighted by Crippen LogP contribution is -2.13. The minimum absolute atomic E-state index is 0.0218. The van der Waals surface area contributed by atoms with E-state index in [9.17, 15) is 19.7 Å². The molecule has 0 aliphatic rings. The molecule has 0 bridgehead atoms. The zero-order valence-electron chi connectivity index (χ0n) is 13.7. The number of ether oxygens (including phenoxy) is 1. The summed E-state index contributed by atoms with van der Waals surface area (Å²) in [5, 5.41) is 11.1. The molecule has 8 heteroatoms. The number of hydrogen-bond acceptors (Lipinski definition) is 6. The number of rotatable bonds is 6. The molecule has 132 valence electrons. The minimum Gasteiger partial charge on any atom is -0.461 e. The van der Waals surface area contributed by atoms with Gasteiger partial charge in [-0.15, -0.1) is 0 Å². The fraction of sp³-hybridized carbons (Fsp3) is 0.167. The molecule has 0 amide bonds. The largest absolute Gasteiger partial charge is 0.461 e. The van der Waals surface area contributed by atoms with Crippen molar-refractivity contribution >= 4 is 22.6 Å². The van der Waals surface area contributed by atoms with Gasteiger partial charge >= 0.3 is 5.97 Å². The molecule has 0 fully saturated rings. The second-order valence-electron chi connectivity index (χ2n) is 5.61. The summed E-state index contributed by atoms with van der Waals surface area (Å²) in [5.41, 5.74) is 0.961. The molecule has 26 heavy (non-hydrogen) atoms. The van der Waals surface area contributed by atoms with Crippen LogP contribution in [-0.2, 0) is 22.6 Å². The van der Waals surface area contributed by atoms with Crippen LogP contribution in [-0.4, -0.2) is 20.9 Å². The van der Waals surface area contributed by atoms with Gasteiger partial charge in [-0.2, -0.15) is 0 Å². The topological polar surface area (TPSA) is 115 Å². The van der Waals surface area contributed by atoms with Crippen LogP contribution in [0.4, 0.5) is 5.69 Å². The van der Waals surface area contributed by atoms with Crippen molar-refractivity contribution in [1.29, 1.82) is 0 Å². The lowest BCUT2D eigenvalue weighted by molar-refractivity contribution is -0.384. The third-order valence-corrected chi connectivity index (χ3v) is 3.77. The number of fused-ring (bicyclic) bond motifs is 1. The van der Waals surface area contributed by atoms with Gasteiger partial charge in [0.05, 0.1) is 22.2 Å². The lowest BCUT2D eigenvalue weighted by Gasteiger charge is -2.05. The summed E-state index contributed by atoms with van der Waals surface area (Å²) >= 11 is 0. The fourth-order valence-electron chi connectivity index (χ4n) is 2.42. The Bertz CT molecular complexity index is 1010.